The van der Waals surface area contributed by atoms with Gasteiger partial charge in [0.1, 0.15) is 0 Å². The molecule has 0 aromatic rings. The van der Waals surface area contributed by atoms with Gasteiger partial charge in [0.2, 0.25) is 5.91 Å². The molecule has 70 valence electrons. The van der Waals surface area contributed by atoms with E-state index in [9.17, 15) is 4.79 Å². The first kappa shape index (κ1) is 9.48. The number of hydrogen-bond donors (Lipinski definition) is 2. The van der Waals surface area contributed by atoms with Crippen LogP contribution in [0.5, 0.6) is 0 Å². The number of ether oxygens (including phenoxy) is 1. The number of carbonyl (C=O) groups is 1. The molecule has 1 aliphatic heterocycles. The van der Waals surface area contributed by atoms with Crippen LogP contribution in [0.3, 0.4) is 0 Å². The van der Waals surface area contributed by atoms with E-state index in [0.717, 1.165) is 19.4 Å². The van der Waals surface area contributed by atoms with E-state index in [1.807, 2.05) is 0 Å². The summed E-state index contributed by atoms with van der Waals surface area (Å²) in [6, 6.07) is -0.260. The Labute approximate surface area is 72.5 Å². The molecule has 0 bridgehead atoms. The predicted octanol–water partition coefficient (Wildman–Crippen LogP) is -0.371. The molecule has 0 aromatic carbocycles. The lowest BCUT2D eigenvalue weighted by Gasteiger charge is -2.23. The van der Waals surface area contributed by atoms with Gasteiger partial charge in [-0.25, -0.2) is 0 Å². The number of rotatable bonds is 2. The van der Waals surface area contributed by atoms with Crippen molar-refractivity contribution in [3.05, 3.63) is 0 Å². The monoisotopic (exact) mass is 172 g/mol. The van der Waals surface area contributed by atoms with Gasteiger partial charge in [-0.2, -0.15) is 0 Å². The Bertz CT molecular complexity index is 153. The van der Waals surface area contributed by atoms with Gasteiger partial charge in [0.05, 0.1) is 18.7 Å². The van der Waals surface area contributed by atoms with Crippen molar-refractivity contribution in [1.29, 1.82) is 0 Å². The molecular formula is C8H16N2O2. The molecule has 1 amide bonds. The van der Waals surface area contributed by atoms with E-state index in [1.54, 1.807) is 6.92 Å². The van der Waals surface area contributed by atoms with Crippen molar-refractivity contribution in [2.75, 3.05) is 13.2 Å². The predicted molar refractivity (Wildman–Crippen MR) is 45.6 cm³/mol. The van der Waals surface area contributed by atoms with Gasteiger partial charge in [-0.05, 0) is 19.8 Å². The van der Waals surface area contributed by atoms with Gasteiger partial charge in [-0.15, -0.1) is 0 Å². The molecule has 1 unspecified atom stereocenters. The molecule has 0 radical (unpaired) electrons. The van der Waals surface area contributed by atoms with Gasteiger partial charge in [0.25, 0.3) is 0 Å². The molecule has 1 aliphatic rings. The van der Waals surface area contributed by atoms with Crippen LogP contribution in [0.1, 0.15) is 19.8 Å². The van der Waals surface area contributed by atoms with Crippen molar-refractivity contribution in [2.24, 2.45) is 5.73 Å². The van der Waals surface area contributed by atoms with Crippen LogP contribution in [0, 0.1) is 0 Å². The third kappa shape index (κ3) is 2.79. The molecule has 0 spiro atoms. The second-order valence-electron chi connectivity index (χ2n) is 3.21. The van der Waals surface area contributed by atoms with Gasteiger partial charge >= 0.3 is 0 Å². The minimum atomic E-state index is -0.424. The summed E-state index contributed by atoms with van der Waals surface area (Å²) >= 11 is 0. The Morgan fingerprint density at radius 3 is 3.00 bits per heavy atom. The van der Waals surface area contributed by atoms with E-state index in [1.165, 1.54) is 0 Å². The summed E-state index contributed by atoms with van der Waals surface area (Å²) in [4.78, 5) is 11.1. The molecule has 0 aliphatic carbocycles. The molecule has 4 heteroatoms. The first-order chi connectivity index (χ1) is 5.70. The quantitative estimate of drug-likeness (QED) is 0.597. The van der Waals surface area contributed by atoms with Crippen LogP contribution in [0.4, 0.5) is 0 Å². The second-order valence-corrected chi connectivity index (χ2v) is 3.21. The van der Waals surface area contributed by atoms with Crippen molar-refractivity contribution < 1.29 is 9.53 Å². The van der Waals surface area contributed by atoms with Crippen molar-refractivity contribution in [3.8, 4) is 0 Å². The molecular weight excluding hydrogens is 156 g/mol. The maximum Gasteiger partial charge on any atom is 0.236 e. The number of carbonyl (C=O) groups excluding carboxylic acids is 1. The molecule has 1 heterocycles. The number of amides is 1. The number of hydrogen-bond acceptors (Lipinski definition) is 3. The third-order valence-electron chi connectivity index (χ3n) is 1.92. The minimum absolute atomic E-state index is 0.0921. The zero-order valence-electron chi connectivity index (χ0n) is 7.38. The lowest BCUT2D eigenvalue weighted by atomic mass is 10.1. The second kappa shape index (κ2) is 4.42. The molecule has 0 aromatic heterocycles. The Morgan fingerprint density at radius 2 is 2.50 bits per heavy atom. The van der Waals surface area contributed by atoms with Gasteiger partial charge in [-0.1, -0.05) is 0 Å². The van der Waals surface area contributed by atoms with Crippen LogP contribution in [-0.4, -0.2) is 31.2 Å². The van der Waals surface area contributed by atoms with Crippen molar-refractivity contribution in [3.63, 3.8) is 0 Å². The molecule has 1 saturated heterocycles. The average Bonchev–Trinajstić information content (AvgIpc) is 2.06. The van der Waals surface area contributed by atoms with Crippen molar-refractivity contribution in [2.45, 2.75) is 31.8 Å². The highest BCUT2D eigenvalue weighted by molar-refractivity contribution is 5.81. The number of nitrogens with one attached hydrogen (secondary N) is 1. The maximum atomic E-state index is 11.1. The topological polar surface area (TPSA) is 64.4 Å². The maximum absolute atomic E-state index is 11.1. The first-order valence-electron chi connectivity index (χ1n) is 4.34. The molecule has 0 saturated carbocycles. The van der Waals surface area contributed by atoms with Crippen LogP contribution in [-0.2, 0) is 9.53 Å². The molecule has 12 heavy (non-hydrogen) atoms. The Kier molecular flexibility index (Phi) is 3.49. The number of nitrogens with two attached hydrogens (primary N) is 1. The summed E-state index contributed by atoms with van der Waals surface area (Å²) in [5.41, 5.74) is 5.40. The average molecular weight is 172 g/mol. The highest BCUT2D eigenvalue weighted by atomic mass is 16.5. The SMILES string of the molecule is C[C@H](N)C(=O)NC1CCCOC1. The summed E-state index contributed by atoms with van der Waals surface area (Å²) in [6.45, 7) is 3.11. The van der Waals surface area contributed by atoms with E-state index in [4.69, 9.17) is 10.5 Å². The van der Waals surface area contributed by atoms with E-state index in [2.05, 4.69) is 5.32 Å². The van der Waals surface area contributed by atoms with Crippen LogP contribution in [0.15, 0.2) is 0 Å². The van der Waals surface area contributed by atoms with Crippen LogP contribution >= 0.6 is 0 Å². The fourth-order valence-electron chi connectivity index (χ4n) is 1.19. The fourth-order valence-corrected chi connectivity index (χ4v) is 1.19. The van der Waals surface area contributed by atoms with Gasteiger partial charge < -0.3 is 15.8 Å². The molecule has 4 nitrogen and oxygen atoms in total. The van der Waals surface area contributed by atoms with E-state index in [0.29, 0.717) is 6.61 Å². The van der Waals surface area contributed by atoms with E-state index in [-0.39, 0.29) is 11.9 Å². The Morgan fingerprint density at radius 1 is 1.75 bits per heavy atom. The van der Waals surface area contributed by atoms with Crippen LogP contribution in [0.25, 0.3) is 0 Å². The Hall–Kier alpha value is -0.610. The molecule has 3 N–H and O–H groups in total. The summed E-state index contributed by atoms with van der Waals surface area (Å²) in [7, 11) is 0. The van der Waals surface area contributed by atoms with Crippen LogP contribution < -0.4 is 11.1 Å². The van der Waals surface area contributed by atoms with E-state index < -0.39 is 6.04 Å². The first-order valence-corrected chi connectivity index (χ1v) is 4.34. The standard InChI is InChI=1S/C8H16N2O2/c1-6(9)8(11)10-7-3-2-4-12-5-7/h6-7H,2-5,9H2,1H3,(H,10,11)/t6-,7?/m0/s1. The van der Waals surface area contributed by atoms with Crippen molar-refractivity contribution >= 4 is 5.91 Å². The van der Waals surface area contributed by atoms with E-state index >= 15 is 0 Å². The van der Waals surface area contributed by atoms with Crippen molar-refractivity contribution in [1.82, 2.24) is 5.32 Å². The molecule has 1 rings (SSSR count). The van der Waals surface area contributed by atoms with Crippen LogP contribution in [0.2, 0.25) is 0 Å². The largest absolute Gasteiger partial charge is 0.379 e. The fraction of sp³-hybridized carbons (Fsp3) is 0.875. The highest BCUT2D eigenvalue weighted by Gasteiger charge is 2.17. The Balaban J connectivity index is 2.24. The minimum Gasteiger partial charge on any atom is -0.379 e. The molecule has 2 atom stereocenters. The smallest absolute Gasteiger partial charge is 0.236 e. The normalized spacial score (nSPS) is 26.3. The van der Waals surface area contributed by atoms with Gasteiger partial charge in [-0.3, -0.25) is 4.79 Å². The zero-order chi connectivity index (χ0) is 8.97. The lowest BCUT2D eigenvalue weighted by molar-refractivity contribution is -0.123. The van der Waals surface area contributed by atoms with Gasteiger partial charge in [0.15, 0.2) is 0 Å². The van der Waals surface area contributed by atoms with Gasteiger partial charge in [0, 0.05) is 6.61 Å². The summed E-state index contributed by atoms with van der Waals surface area (Å²) in [5.74, 6) is -0.0921. The summed E-state index contributed by atoms with van der Waals surface area (Å²) < 4.78 is 5.21. The lowest BCUT2D eigenvalue weighted by Crippen LogP contribution is -2.46. The summed E-state index contributed by atoms with van der Waals surface area (Å²) in [6.07, 6.45) is 2.02. The third-order valence-corrected chi connectivity index (χ3v) is 1.92. The highest BCUT2D eigenvalue weighted by Crippen LogP contribution is 2.05. The zero-order valence-corrected chi connectivity index (χ0v) is 7.38. The summed E-state index contributed by atoms with van der Waals surface area (Å²) in [5, 5.41) is 2.83. The molecule has 1 fully saturated rings.